The number of carbonyl (C=O) groups is 3. The van der Waals surface area contributed by atoms with Gasteiger partial charge in [0.25, 0.3) is 0 Å². The average molecular weight is 1250 g/mol. The molecule has 0 aromatic heterocycles. The van der Waals surface area contributed by atoms with Crippen LogP contribution in [0.1, 0.15) is 171 Å². The Kier molecular flexibility index (Phi) is 31.2. The van der Waals surface area contributed by atoms with Crippen LogP contribution in [0.15, 0.2) is 59.7 Å². The third kappa shape index (κ3) is 23.2. The number of ketones is 2. The molecule has 1 aromatic carbocycles. The highest BCUT2D eigenvalue weighted by molar-refractivity contribution is 6.75. The van der Waals surface area contributed by atoms with Gasteiger partial charge in [0.2, 0.25) is 0 Å². The molecule has 486 valence electrons. The summed E-state index contributed by atoms with van der Waals surface area (Å²) in [6.07, 6.45) is 3.35. The van der Waals surface area contributed by atoms with Crippen LogP contribution in [0.4, 0.5) is 0 Å². The highest BCUT2D eigenvalue weighted by Crippen LogP contribution is 2.43. The lowest BCUT2D eigenvalue weighted by Crippen LogP contribution is -2.55. The van der Waals surface area contributed by atoms with Crippen LogP contribution in [-0.4, -0.2) is 119 Å². The molecule has 1 rings (SSSR count). The first-order chi connectivity index (χ1) is 38.2. The third-order valence-electron chi connectivity index (χ3n) is 19.2. The van der Waals surface area contributed by atoms with Crippen LogP contribution in [-0.2, 0) is 52.9 Å². The van der Waals surface area contributed by atoms with Crippen molar-refractivity contribution in [3.05, 3.63) is 65.3 Å². The Morgan fingerprint density at radius 1 is 0.631 bits per heavy atom. The van der Waals surface area contributed by atoms with Gasteiger partial charge in [-0.2, -0.15) is 0 Å². The number of Topliss-reactive ketones (excluding diaryl/α,β-unsaturated/α-hetero) is 2. The van der Waals surface area contributed by atoms with E-state index in [-0.39, 0.29) is 51.5 Å². The molecule has 12 atom stereocenters. The van der Waals surface area contributed by atoms with E-state index in [1.165, 1.54) is 7.11 Å². The standard InChI is InChI=1S/C68H126O12Si4/c1-32-36-46(5)41-48(7)60(80-84(33-2,34-3)35-4)55(45-76-81(26,27)66(15,16)17)61(75-44-53-37-39-54(73-24)40-38-53)50(9)57(70)43-56(69)47(6)42-49(8)59(78-82(28,29)67(18,19)20)51(10)58(71)52(11)62(74-25)63(64(72)77-65(12,13)14)79-83(30,31)68(21,22)23/h32,36-42,46-47,50-52,55,57,59-63,70H,33-35,43-45H2,1-31H3/b36-32-,48-41+,49-42+/t46-,47-,50+,51-,52+,55+,57+,59-,60+,61-,62-,63+/m0/s1. The smallest absolute Gasteiger partial charge is 0.337 e. The van der Waals surface area contributed by atoms with Crippen molar-refractivity contribution in [3.8, 4) is 5.75 Å². The normalized spacial score (nSPS) is 18.5. The van der Waals surface area contributed by atoms with Crippen LogP contribution in [0.25, 0.3) is 0 Å². The first-order valence-corrected chi connectivity index (χ1v) is 42.8. The van der Waals surface area contributed by atoms with Gasteiger partial charge in [0.15, 0.2) is 39.4 Å². The van der Waals surface area contributed by atoms with Gasteiger partial charge in [-0.1, -0.05) is 154 Å². The van der Waals surface area contributed by atoms with E-state index < -0.39 is 105 Å². The zero-order valence-corrected chi connectivity index (χ0v) is 63.2. The summed E-state index contributed by atoms with van der Waals surface area (Å²) in [5.41, 5.74) is 1.97. The van der Waals surface area contributed by atoms with E-state index >= 15 is 4.79 Å². The minimum Gasteiger partial charge on any atom is -0.497 e. The quantitative estimate of drug-likeness (QED) is 0.0392. The van der Waals surface area contributed by atoms with Gasteiger partial charge in [-0.15, -0.1) is 0 Å². The lowest BCUT2D eigenvalue weighted by molar-refractivity contribution is -0.174. The fourth-order valence-corrected chi connectivity index (χ4v) is 16.5. The van der Waals surface area contributed by atoms with E-state index in [4.69, 9.17) is 36.7 Å². The number of carbonyl (C=O) groups excluding carboxylic acids is 3. The van der Waals surface area contributed by atoms with Crippen molar-refractivity contribution in [3.63, 3.8) is 0 Å². The number of methoxy groups -OCH3 is 2. The van der Waals surface area contributed by atoms with Gasteiger partial charge < -0.3 is 41.8 Å². The van der Waals surface area contributed by atoms with Gasteiger partial charge in [-0.05, 0) is 149 Å². The van der Waals surface area contributed by atoms with Crippen molar-refractivity contribution in [2.24, 2.45) is 35.5 Å². The van der Waals surface area contributed by atoms with Crippen LogP contribution < -0.4 is 4.74 Å². The second-order valence-corrected chi connectivity index (χ2v) is 49.1. The highest BCUT2D eigenvalue weighted by atomic mass is 28.4. The molecule has 0 radical (unpaired) electrons. The molecular formula is C68H126O12Si4. The molecular weight excluding hydrogens is 1120 g/mol. The summed E-state index contributed by atoms with van der Waals surface area (Å²) in [4.78, 5) is 44.2. The van der Waals surface area contributed by atoms with Crippen LogP contribution in [0.5, 0.6) is 5.75 Å². The Balaban J connectivity index is 4.18. The van der Waals surface area contributed by atoms with Crippen molar-refractivity contribution in [1.82, 2.24) is 0 Å². The van der Waals surface area contributed by atoms with Gasteiger partial charge in [0.05, 0.1) is 38.1 Å². The van der Waals surface area contributed by atoms with E-state index in [0.29, 0.717) is 6.61 Å². The monoisotopic (exact) mass is 1250 g/mol. The highest BCUT2D eigenvalue weighted by Gasteiger charge is 2.50. The SMILES string of the molecule is C/C=C\[C@H](C)/C=C(\C)[C@@H](O[Si](CC)(CC)CC)[C@@H](CO[Si](C)(C)C(C)(C)C)[C@@H](OCc1ccc(OC)cc1)[C@H](C)[C@H](O)CC(=O)[C@@H](C)/C=C(\C)[C@H](O[Si](C)(C)C(C)(C)C)[C@@H](C)C(=O)[C@@H](C)[C@H](OC)[C@@H](O[Si](C)(C)C(C)(C)C)C(=O)OC(C)(C)C. The second-order valence-electron chi connectivity index (χ2n) is 30.0. The first-order valence-electron chi connectivity index (χ1n) is 31.6. The number of ether oxygens (including phenoxy) is 4. The van der Waals surface area contributed by atoms with Crippen molar-refractivity contribution in [1.29, 1.82) is 0 Å². The van der Waals surface area contributed by atoms with E-state index in [0.717, 1.165) is 40.6 Å². The van der Waals surface area contributed by atoms with Gasteiger partial charge in [0, 0.05) is 49.7 Å². The molecule has 0 bridgehead atoms. The van der Waals surface area contributed by atoms with Gasteiger partial charge in [-0.25, -0.2) is 4.79 Å². The summed E-state index contributed by atoms with van der Waals surface area (Å²) >= 11 is 0. The summed E-state index contributed by atoms with van der Waals surface area (Å²) in [6, 6.07) is 10.7. The fourth-order valence-electron chi connectivity index (χ4n) is 9.99. The van der Waals surface area contributed by atoms with Crippen LogP contribution in [0, 0.1) is 35.5 Å². The average Bonchev–Trinajstić information content (AvgIpc) is 3.58. The molecule has 0 heterocycles. The number of hydrogen-bond donors (Lipinski definition) is 1. The number of aliphatic hydroxyl groups is 1. The number of aliphatic hydroxyl groups excluding tert-OH is 1. The molecule has 12 nitrogen and oxygen atoms in total. The van der Waals surface area contributed by atoms with E-state index in [1.54, 1.807) is 14.0 Å². The van der Waals surface area contributed by atoms with Gasteiger partial charge in [0.1, 0.15) is 29.0 Å². The zero-order valence-electron chi connectivity index (χ0n) is 59.2. The Morgan fingerprint density at radius 2 is 1.11 bits per heavy atom. The van der Waals surface area contributed by atoms with Gasteiger partial charge in [-0.3, -0.25) is 9.59 Å². The lowest BCUT2D eigenvalue weighted by Gasteiger charge is -2.45. The molecule has 1 aromatic rings. The summed E-state index contributed by atoms with van der Waals surface area (Å²) in [5, 5.41) is 12.1. The summed E-state index contributed by atoms with van der Waals surface area (Å²) < 4.78 is 53.8. The van der Waals surface area contributed by atoms with Crippen molar-refractivity contribution in [2.75, 3.05) is 20.8 Å². The number of benzene rings is 1. The van der Waals surface area contributed by atoms with E-state index in [1.807, 2.05) is 85.7 Å². The van der Waals surface area contributed by atoms with Crippen LogP contribution >= 0.6 is 0 Å². The Bertz CT molecular complexity index is 2270. The predicted octanol–water partition coefficient (Wildman–Crippen LogP) is 17.3. The molecule has 0 unspecified atom stereocenters. The number of esters is 1. The Labute approximate surface area is 518 Å². The lowest BCUT2D eigenvalue weighted by atomic mass is 9.80. The molecule has 1 N–H and O–H groups in total. The predicted molar refractivity (Wildman–Crippen MR) is 360 cm³/mol. The van der Waals surface area contributed by atoms with Gasteiger partial charge >= 0.3 is 5.97 Å². The topological polar surface area (TPSA) is 145 Å². The molecule has 84 heavy (non-hydrogen) atoms. The number of hydrogen-bond acceptors (Lipinski definition) is 12. The molecule has 0 aliphatic rings. The van der Waals surface area contributed by atoms with Crippen LogP contribution in [0.3, 0.4) is 0 Å². The molecule has 0 spiro atoms. The van der Waals surface area contributed by atoms with Crippen molar-refractivity contribution in [2.45, 2.75) is 287 Å². The molecule has 0 amide bonds. The summed E-state index contributed by atoms with van der Waals surface area (Å²) in [7, 11) is -6.69. The zero-order chi connectivity index (χ0) is 65.5. The Morgan fingerprint density at radius 3 is 1.54 bits per heavy atom. The molecule has 0 fully saturated rings. The third-order valence-corrected chi connectivity index (χ3v) is 37.2. The molecule has 16 heteroatoms. The Hall–Kier alpha value is -2.36. The maximum absolute atomic E-state index is 15.2. The number of rotatable bonds is 35. The molecule has 0 aliphatic heterocycles. The minimum atomic E-state index is -2.61. The van der Waals surface area contributed by atoms with E-state index in [2.05, 4.69) is 154 Å². The van der Waals surface area contributed by atoms with Crippen molar-refractivity contribution < 1.29 is 56.1 Å². The van der Waals surface area contributed by atoms with E-state index in [9.17, 15) is 14.7 Å². The summed E-state index contributed by atoms with van der Waals surface area (Å²) in [5.74, 6) is -3.14. The molecule has 0 aliphatic carbocycles. The number of allylic oxidation sites excluding steroid dienone is 4. The molecule has 0 saturated heterocycles. The first kappa shape index (κ1) is 79.6. The largest absolute Gasteiger partial charge is 0.497 e. The molecule has 0 saturated carbocycles. The van der Waals surface area contributed by atoms with Crippen LogP contribution in [0.2, 0.25) is 72.5 Å². The fraction of sp³-hybridized carbons (Fsp3) is 0.779. The maximum Gasteiger partial charge on any atom is 0.337 e. The maximum atomic E-state index is 15.2. The summed E-state index contributed by atoms with van der Waals surface area (Å²) in [6.45, 7) is 61.1. The van der Waals surface area contributed by atoms with Crippen molar-refractivity contribution >= 4 is 50.8 Å². The second kappa shape index (κ2) is 32.9. The minimum absolute atomic E-state index is 0.0817.